The van der Waals surface area contributed by atoms with Crippen LogP contribution >= 0.6 is 39.3 Å². The predicted molar refractivity (Wildman–Crippen MR) is 148 cm³/mol. The SMILES string of the molecule is CCOc1cc(/C=C2\S[C@H](Nc3ccc(CC)cc3)NC2=O)c(Br)cc1OCc1ccc(Cl)cc1. The molecule has 0 spiro atoms. The first-order valence-electron chi connectivity index (χ1n) is 11.3. The van der Waals surface area contributed by atoms with E-state index in [1.807, 2.05) is 61.5 Å². The van der Waals surface area contributed by atoms with Crippen molar-refractivity contribution in [3.8, 4) is 11.5 Å². The Bertz CT molecular complexity index is 1220. The Morgan fingerprint density at radius 3 is 2.40 bits per heavy atom. The summed E-state index contributed by atoms with van der Waals surface area (Å²) in [4.78, 5) is 13.2. The minimum atomic E-state index is -0.242. The highest BCUT2D eigenvalue weighted by Gasteiger charge is 2.27. The summed E-state index contributed by atoms with van der Waals surface area (Å²) in [5.41, 5.74) is 3.82. The van der Waals surface area contributed by atoms with Gasteiger partial charge in [0.25, 0.3) is 5.91 Å². The quantitative estimate of drug-likeness (QED) is 0.264. The van der Waals surface area contributed by atoms with Crippen LogP contribution in [-0.2, 0) is 17.8 Å². The largest absolute Gasteiger partial charge is 0.490 e. The highest BCUT2D eigenvalue weighted by molar-refractivity contribution is 9.10. The summed E-state index contributed by atoms with van der Waals surface area (Å²) >= 11 is 11.0. The first kappa shape index (κ1) is 25.5. The number of halogens is 2. The van der Waals surface area contributed by atoms with E-state index < -0.39 is 0 Å². The Morgan fingerprint density at radius 1 is 1.03 bits per heavy atom. The van der Waals surface area contributed by atoms with Crippen LogP contribution in [-0.4, -0.2) is 18.0 Å². The number of ether oxygens (including phenoxy) is 2. The first-order valence-corrected chi connectivity index (χ1v) is 13.4. The molecule has 3 aromatic rings. The maximum absolute atomic E-state index is 12.6. The van der Waals surface area contributed by atoms with Crippen LogP contribution in [0.4, 0.5) is 5.69 Å². The summed E-state index contributed by atoms with van der Waals surface area (Å²) in [7, 11) is 0. The zero-order chi connectivity index (χ0) is 24.8. The van der Waals surface area contributed by atoms with Gasteiger partial charge >= 0.3 is 0 Å². The maximum Gasteiger partial charge on any atom is 0.260 e. The van der Waals surface area contributed by atoms with Gasteiger partial charge in [0.05, 0.1) is 11.5 Å². The van der Waals surface area contributed by atoms with Gasteiger partial charge in [0.1, 0.15) is 6.61 Å². The van der Waals surface area contributed by atoms with E-state index >= 15 is 0 Å². The normalized spacial score (nSPS) is 16.3. The van der Waals surface area contributed by atoms with E-state index in [0.29, 0.717) is 34.6 Å². The van der Waals surface area contributed by atoms with Gasteiger partial charge in [0, 0.05) is 15.2 Å². The standard InChI is InChI=1S/C27H26BrClN2O3S/c1-3-17-7-11-21(12-8-17)30-27-31-26(32)25(35-27)14-19-13-23(33-4-2)24(15-22(19)28)34-16-18-5-9-20(29)10-6-18/h5-15,27,30H,3-4,16H2,1-2H3,(H,31,32)/b25-14-/t27-/m1/s1. The molecule has 0 aromatic heterocycles. The van der Waals surface area contributed by atoms with E-state index in [4.69, 9.17) is 21.1 Å². The van der Waals surface area contributed by atoms with Crippen molar-refractivity contribution in [2.45, 2.75) is 32.4 Å². The first-order chi connectivity index (χ1) is 16.9. The van der Waals surface area contributed by atoms with Gasteiger partial charge in [-0.2, -0.15) is 0 Å². The molecule has 2 N–H and O–H groups in total. The molecule has 1 heterocycles. The molecule has 1 saturated heterocycles. The second kappa shape index (κ2) is 11.9. The summed E-state index contributed by atoms with van der Waals surface area (Å²) in [6, 6.07) is 19.5. The summed E-state index contributed by atoms with van der Waals surface area (Å²) < 4.78 is 12.7. The van der Waals surface area contributed by atoms with Crippen LogP contribution in [0.15, 0.2) is 70.0 Å². The van der Waals surface area contributed by atoms with E-state index in [0.717, 1.165) is 27.7 Å². The van der Waals surface area contributed by atoms with Crippen molar-refractivity contribution in [1.82, 2.24) is 5.32 Å². The number of rotatable bonds is 9. The van der Waals surface area contributed by atoms with Crippen molar-refractivity contribution >= 4 is 57.0 Å². The average Bonchev–Trinajstić information content (AvgIpc) is 3.20. The molecule has 0 aliphatic carbocycles. The topological polar surface area (TPSA) is 59.6 Å². The van der Waals surface area contributed by atoms with Crippen LogP contribution in [0.25, 0.3) is 6.08 Å². The lowest BCUT2D eigenvalue weighted by molar-refractivity contribution is -0.116. The Hall–Kier alpha value is -2.61. The number of nitrogens with one attached hydrogen (secondary N) is 2. The van der Waals surface area contributed by atoms with Crippen LogP contribution in [0.2, 0.25) is 5.02 Å². The summed E-state index contributed by atoms with van der Waals surface area (Å²) in [5, 5.41) is 7.02. The summed E-state index contributed by atoms with van der Waals surface area (Å²) in [5.74, 6) is 1.12. The lowest BCUT2D eigenvalue weighted by atomic mass is 10.1. The monoisotopic (exact) mass is 572 g/mol. The fraction of sp³-hybridized carbons (Fsp3) is 0.222. The average molecular weight is 574 g/mol. The second-order valence-corrected chi connectivity index (χ2v) is 10.3. The van der Waals surface area contributed by atoms with Gasteiger partial charge in [-0.1, -0.05) is 70.5 Å². The van der Waals surface area contributed by atoms with Gasteiger partial charge in [0.2, 0.25) is 0 Å². The van der Waals surface area contributed by atoms with Gasteiger partial charge in [-0.3, -0.25) is 4.79 Å². The van der Waals surface area contributed by atoms with Crippen LogP contribution < -0.4 is 20.1 Å². The van der Waals surface area contributed by atoms with Crippen molar-refractivity contribution in [1.29, 1.82) is 0 Å². The summed E-state index contributed by atoms with van der Waals surface area (Å²) in [6.07, 6.45) is 2.85. The minimum absolute atomic E-state index is 0.120. The van der Waals surface area contributed by atoms with Crippen molar-refractivity contribution < 1.29 is 14.3 Å². The Morgan fingerprint density at radius 2 is 1.71 bits per heavy atom. The van der Waals surface area contributed by atoms with E-state index in [1.165, 1.54) is 17.3 Å². The van der Waals surface area contributed by atoms with Gasteiger partial charge in [-0.25, -0.2) is 0 Å². The fourth-order valence-corrected chi connectivity index (χ4v) is 5.02. The molecule has 0 unspecified atom stereocenters. The molecule has 0 saturated carbocycles. The number of hydrogen-bond donors (Lipinski definition) is 2. The third-order valence-electron chi connectivity index (χ3n) is 5.35. The van der Waals surface area contributed by atoms with Crippen LogP contribution in [0.5, 0.6) is 11.5 Å². The smallest absolute Gasteiger partial charge is 0.260 e. The molecular weight excluding hydrogens is 548 g/mol. The van der Waals surface area contributed by atoms with E-state index in [-0.39, 0.29) is 11.4 Å². The molecule has 35 heavy (non-hydrogen) atoms. The minimum Gasteiger partial charge on any atom is -0.490 e. The number of benzene rings is 3. The highest BCUT2D eigenvalue weighted by Crippen LogP contribution is 2.38. The number of thioether (sulfide) groups is 1. The molecule has 1 amide bonds. The number of carbonyl (C=O) groups is 1. The van der Waals surface area contributed by atoms with E-state index in [1.54, 1.807) is 0 Å². The second-order valence-electron chi connectivity index (χ2n) is 7.84. The van der Waals surface area contributed by atoms with Gasteiger partial charge in [-0.15, -0.1) is 0 Å². The van der Waals surface area contributed by atoms with Crippen LogP contribution in [0, 0.1) is 0 Å². The molecule has 0 radical (unpaired) electrons. The molecule has 1 aliphatic rings. The highest BCUT2D eigenvalue weighted by atomic mass is 79.9. The Labute approximate surface area is 223 Å². The Balaban J connectivity index is 1.49. The number of amides is 1. The Kier molecular flexibility index (Phi) is 8.65. The van der Waals surface area contributed by atoms with Crippen molar-refractivity contribution in [3.05, 3.63) is 91.8 Å². The molecular formula is C27H26BrClN2O3S. The number of anilines is 1. The lowest BCUT2D eigenvalue weighted by Gasteiger charge is -2.14. The van der Waals surface area contributed by atoms with Gasteiger partial charge in [-0.05, 0) is 72.5 Å². The number of carbonyl (C=O) groups excluding carboxylic acids is 1. The van der Waals surface area contributed by atoms with Gasteiger partial charge < -0.3 is 20.1 Å². The van der Waals surface area contributed by atoms with Crippen LogP contribution in [0.3, 0.4) is 0 Å². The van der Waals surface area contributed by atoms with Crippen LogP contribution in [0.1, 0.15) is 30.5 Å². The number of aryl methyl sites for hydroxylation is 1. The molecule has 0 bridgehead atoms. The molecule has 3 aromatic carbocycles. The van der Waals surface area contributed by atoms with E-state index in [2.05, 4.69) is 45.6 Å². The third kappa shape index (κ3) is 6.75. The maximum atomic E-state index is 12.6. The predicted octanol–water partition coefficient (Wildman–Crippen LogP) is 7.24. The van der Waals surface area contributed by atoms with Crippen molar-refractivity contribution in [2.24, 2.45) is 0 Å². The van der Waals surface area contributed by atoms with Crippen molar-refractivity contribution in [3.63, 3.8) is 0 Å². The third-order valence-corrected chi connectivity index (χ3v) is 7.32. The zero-order valence-electron chi connectivity index (χ0n) is 19.4. The van der Waals surface area contributed by atoms with Crippen molar-refractivity contribution in [2.75, 3.05) is 11.9 Å². The number of hydrogen-bond acceptors (Lipinski definition) is 5. The summed E-state index contributed by atoms with van der Waals surface area (Å²) in [6.45, 7) is 4.93. The molecule has 4 rings (SSSR count). The van der Waals surface area contributed by atoms with E-state index in [9.17, 15) is 4.79 Å². The molecule has 5 nitrogen and oxygen atoms in total. The molecule has 1 aliphatic heterocycles. The molecule has 8 heteroatoms. The molecule has 1 fully saturated rings. The lowest BCUT2D eigenvalue weighted by Crippen LogP contribution is -2.30. The molecule has 1 atom stereocenters. The zero-order valence-corrected chi connectivity index (χ0v) is 22.6. The molecule has 182 valence electrons. The van der Waals surface area contributed by atoms with Gasteiger partial charge in [0.15, 0.2) is 17.0 Å². The fourth-order valence-electron chi connectivity index (χ4n) is 3.48.